The molecule has 0 bridgehead atoms. The zero-order valence-corrected chi connectivity index (χ0v) is 20.2. The predicted molar refractivity (Wildman–Crippen MR) is 157 cm³/mol. The summed E-state index contributed by atoms with van der Waals surface area (Å²) in [5.41, 5.74) is 2.55. The minimum Gasteiger partial charge on any atom is -0.0622 e. The molecule has 0 aromatic heterocycles. The second kappa shape index (κ2) is 11.6. The molecule has 0 heterocycles. The van der Waals surface area contributed by atoms with Crippen molar-refractivity contribution in [3.05, 3.63) is 170 Å². The van der Waals surface area contributed by atoms with Gasteiger partial charge in [-0.25, -0.2) is 0 Å². The van der Waals surface area contributed by atoms with E-state index in [1.807, 2.05) is 12.1 Å². The van der Waals surface area contributed by atoms with Crippen LogP contribution >= 0.6 is 0 Å². The second-order valence-electron chi connectivity index (χ2n) is 8.63. The quantitative estimate of drug-likeness (QED) is 0.214. The summed E-state index contributed by atoms with van der Waals surface area (Å²) in [4.78, 5) is 0. The zero-order chi connectivity index (χ0) is 24.4. The third-order valence-electron chi connectivity index (χ3n) is 6.15. The molecule has 0 heteroatoms. The Hall–Kier alpha value is -4.68. The van der Waals surface area contributed by atoms with Crippen LogP contribution in [0.25, 0.3) is 43.4 Å². The van der Waals surface area contributed by atoms with Gasteiger partial charge in [-0.05, 0) is 55.6 Å². The first-order valence-electron chi connectivity index (χ1n) is 12.3. The van der Waals surface area contributed by atoms with E-state index < -0.39 is 0 Å². The SMILES string of the molecule is c1ccc(-c2ccccc2)cc1.c1ccc2cc3ccccc3cc2c1.c1ccc2ccccc2c1. The molecule has 0 aliphatic heterocycles. The van der Waals surface area contributed by atoms with Gasteiger partial charge in [0.2, 0.25) is 0 Å². The average molecular weight is 461 g/mol. The van der Waals surface area contributed by atoms with Crippen molar-refractivity contribution >= 4 is 32.3 Å². The fourth-order valence-corrected chi connectivity index (χ4v) is 4.28. The molecule has 0 radical (unpaired) electrons. The van der Waals surface area contributed by atoms with E-state index in [2.05, 4.69) is 158 Å². The Kier molecular flexibility index (Phi) is 7.46. The van der Waals surface area contributed by atoms with Gasteiger partial charge < -0.3 is 0 Å². The number of benzene rings is 7. The lowest BCUT2D eigenvalue weighted by Gasteiger charge is -2.00. The summed E-state index contributed by atoms with van der Waals surface area (Å²) in [6.45, 7) is 0. The first kappa shape index (κ1) is 23.1. The van der Waals surface area contributed by atoms with E-state index in [9.17, 15) is 0 Å². The summed E-state index contributed by atoms with van der Waals surface area (Å²) in [7, 11) is 0. The highest BCUT2D eigenvalue weighted by Crippen LogP contribution is 2.22. The van der Waals surface area contributed by atoms with Crippen molar-refractivity contribution in [3.8, 4) is 11.1 Å². The van der Waals surface area contributed by atoms with Crippen LogP contribution in [-0.2, 0) is 0 Å². The molecule has 0 aliphatic rings. The number of hydrogen-bond donors (Lipinski definition) is 0. The third kappa shape index (κ3) is 5.87. The Bertz CT molecular complexity index is 1460. The fraction of sp³-hybridized carbons (Fsp3) is 0. The molecule has 36 heavy (non-hydrogen) atoms. The van der Waals surface area contributed by atoms with Gasteiger partial charge in [0.15, 0.2) is 0 Å². The van der Waals surface area contributed by atoms with Gasteiger partial charge in [0.25, 0.3) is 0 Å². The van der Waals surface area contributed by atoms with Crippen LogP contribution in [0.2, 0.25) is 0 Å². The molecule has 0 saturated carbocycles. The molecule has 7 aromatic carbocycles. The lowest BCUT2D eigenvalue weighted by Crippen LogP contribution is -1.74. The maximum Gasteiger partial charge on any atom is -0.0178 e. The van der Waals surface area contributed by atoms with Gasteiger partial charge in [-0.2, -0.15) is 0 Å². The van der Waals surface area contributed by atoms with Crippen LogP contribution in [-0.4, -0.2) is 0 Å². The highest BCUT2D eigenvalue weighted by molar-refractivity contribution is 5.98. The predicted octanol–water partition coefficient (Wildman–Crippen LogP) is 10.2. The van der Waals surface area contributed by atoms with Crippen molar-refractivity contribution in [2.75, 3.05) is 0 Å². The van der Waals surface area contributed by atoms with E-state index in [4.69, 9.17) is 0 Å². The summed E-state index contributed by atoms with van der Waals surface area (Å²) in [6.07, 6.45) is 0. The van der Waals surface area contributed by atoms with E-state index in [1.54, 1.807) is 0 Å². The summed E-state index contributed by atoms with van der Waals surface area (Å²) in [5, 5.41) is 7.87. The molecule has 0 amide bonds. The molecule has 7 rings (SSSR count). The van der Waals surface area contributed by atoms with Crippen molar-refractivity contribution < 1.29 is 0 Å². The second-order valence-corrected chi connectivity index (χ2v) is 8.63. The van der Waals surface area contributed by atoms with Crippen molar-refractivity contribution in [3.63, 3.8) is 0 Å². The topological polar surface area (TPSA) is 0 Å². The van der Waals surface area contributed by atoms with Crippen LogP contribution in [0, 0.1) is 0 Å². The van der Waals surface area contributed by atoms with Crippen molar-refractivity contribution in [2.24, 2.45) is 0 Å². The monoisotopic (exact) mass is 460 g/mol. The molecule has 172 valence electrons. The standard InChI is InChI=1S/C14H10.C12H10.C10H8/c1-2-6-12-10-14-8-4-3-7-13(14)9-11(12)5-1;1-3-7-11(8-4-1)12-9-5-2-6-10-12;1-2-6-10-8-4-3-7-9(10)5-1/h1-10H;1-10H;1-8H. The van der Waals surface area contributed by atoms with Gasteiger partial charge in [-0.3, -0.25) is 0 Å². The van der Waals surface area contributed by atoms with E-state index in [-0.39, 0.29) is 0 Å². The molecular formula is C36H28. The highest BCUT2D eigenvalue weighted by atomic mass is 14.0. The van der Waals surface area contributed by atoms with Gasteiger partial charge in [0.05, 0.1) is 0 Å². The molecule has 0 fully saturated rings. The highest BCUT2D eigenvalue weighted by Gasteiger charge is 1.95. The largest absolute Gasteiger partial charge is 0.0622 e. The van der Waals surface area contributed by atoms with E-state index in [1.165, 1.54) is 43.4 Å². The van der Waals surface area contributed by atoms with Crippen LogP contribution in [0.15, 0.2) is 170 Å². The lowest BCUT2D eigenvalue weighted by atomic mass is 10.0. The zero-order valence-electron chi connectivity index (χ0n) is 20.2. The van der Waals surface area contributed by atoms with Crippen LogP contribution in [0.4, 0.5) is 0 Å². The Labute approximate surface area is 213 Å². The van der Waals surface area contributed by atoms with E-state index in [0.29, 0.717) is 0 Å². The third-order valence-corrected chi connectivity index (χ3v) is 6.15. The minimum atomic E-state index is 1.28. The number of fused-ring (bicyclic) bond motifs is 3. The first-order valence-corrected chi connectivity index (χ1v) is 12.3. The average Bonchev–Trinajstić information content (AvgIpc) is 2.98. The van der Waals surface area contributed by atoms with Gasteiger partial charge in [-0.1, -0.05) is 158 Å². The fourth-order valence-electron chi connectivity index (χ4n) is 4.28. The molecule has 0 spiro atoms. The molecule has 0 aliphatic carbocycles. The Balaban J connectivity index is 0.000000113. The maximum atomic E-state index is 2.24. The molecule has 0 N–H and O–H groups in total. The molecule has 0 saturated heterocycles. The molecule has 7 aromatic rings. The molecule has 0 nitrogen and oxygen atoms in total. The van der Waals surface area contributed by atoms with E-state index in [0.717, 1.165) is 0 Å². The van der Waals surface area contributed by atoms with Crippen LogP contribution in [0.5, 0.6) is 0 Å². The summed E-state index contributed by atoms with van der Waals surface area (Å²) >= 11 is 0. The van der Waals surface area contributed by atoms with Gasteiger partial charge in [0, 0.05) is 0 Å². The van der Waals surface area contributed by atoms with Crippen LogP contribution in [0.3, 0.4) is 0 Å². The summed E-state index contributed by atoms with van der Waals surface area (Å²) < 4.78 is 0. The van der Waals surface area contributed by atoms with Crippen molar-refractivity contribution in [1.82, 2.24) is 0 Å². The van der Waals surface area contributed by atoms with E-state index >= 15 is 0 Å². The lowest BCUT2D eigenvalue weighted by molar-refractivity contribution is 1.62. The molecule has 0 atom stereocenters. The summed E-state index contributed by atoms with van der Waals surface area (Å²) in [5.74, 6) is 0. The van der Waals surface area contributed by atoms with Crippen LogP contribution < -0.4 is 0 Å². The molecule has 0 unspecified atom stereocenters. The number of rotatable bonds is 1. The Morgan fingerprint density at radius 3 is 0.694 bits per heavy atom. The van der Waals surface area contributed by atoms with Crippen LogP contribution in [0.1, 0.15) is 0 Å². The maximum absolute atomic E-state index is 2.24. The Morgan fingerprint density at radius 2 is 0.417 bits per heavy atom. The smallest absolute Gasteiger partial charge is 0.0178 e. The normalized spacial score (nSPS) is 10.2. The number of hydrogen-bond acceptors (Lipinski definition) is 0. The van der Waals surface area contributed by atoms with Gasteiger partial charge >= 0.3 is 0 Å². The first-order chi connectivity index (χ1) is 17.9. The van der Waals surface area contributed by atoms with Crippen molar-refractivity contribution in [1.29, 1.82) is 0 Å². The van der Waals surface area contributed by atoms with Gasteiger partial charge in [0.1, 0.15) is 0 Å². The summed E-state index contributed by atoms with van der Waals surface area (Å²) in [6, 6.07) is 58.9. The van der Waals surface area contributed by atoms with Crippen molar-refractivity contribution in [2.45, 2.75) is 0 Å². The minimum absolute atomic E-state index is 1.28. The van der Waals surface area contributed by atoms with Gasteiger partial charge in [-0.15, -0.1) is 0 Å². The Morgan fingerprint density at radius 1 is 0.194 bits per heavy atom. The molecular weight excluding hydrogens is 432 g/mol.